The van der Waals surface area contributed by atoms with Gasteiger partial charge in [-0.2, -0.15) is 8.78 Å². The van der Waals surface area contributed by atoms with E-state index < -0.39 is 112 Å². The Hall–Kier alpha value is -3.33. The van der Waals surface area contributed by atoms with Crippen molar-refractivity contribution in [1.29, 1.82) is 0 Å². The molecule has 10 heteroatoms. The van der Waals surface area contributed by atoms with Crippen LogP contribution in [0.4, 0.5) is 8.78 Å². The summed E-state index contributed by atoms with van der Waals surface area (Å²) in [6, 6.07) is -4.89. The standard InChI is InChI=1S/C22H18ClF2N3O4/c23-15-4-2-14(3-5-15)22(24,25)21(32)26-10-12-1-6-16-13(9-12)11-28(20(16)31)17-7-8-18(29)27-19(17)30/h1-6,9,17H,7-8,10-11H2,(H,26,32)(H,27,29,30)/i1D,6D,7D2,8D2,9D,10D2,11D2,17D/hD. The Balaban J connectivity index is 1.89. The maximum Gasteiger partial charge on any atom is 0.349 e. The number of nitrogens with one attached hydrogen (secondary N) is 2. The zero-order chi connectivity index (χ0) is 34.6. The molecule has 0 saturated carbocycles. The van der Waals surface area contributed by atoms with E-state index in [1.54, 1.807) is 0 Å². The van der Waals surface area contributed by atoms with Gasteiger partial charge in [-0.05, 0) is 35.7 Å². The summed E-state index contributed by atoms with van der Waals surface area (Å²) in [6.45, 7) is -7.45. The molecule has 2 N–H and O–H groups in total. The van der Waals surface area contributed by atoms with Gasteiger partial charge >= 0.3 is 5.92 Å². The van der Waals surface area contributed by atoms with Gasteiger partial charge in [0.15, 0.2) is 1.41 Å². The lowest BCUT2D eigenvalue weighted by molar-refractivity contribution is -0.147. The molecular formula is C22H18ClF2N3O4. The molecule has 1 atom stereocenters. The fourth-order valence-electron chi connectivity index (χ4n) is 2.62. The normalized spacial score (nSPS) is 32.1. The third-order valence-corrected chi connectivity index (χ3v) is 4.42. The molecular weight excluding hydrogens is 444 g/mol. The first kappa shape index (κ1) is 11.0. The minimum atomic E-state index is -4.44. The highest BCUT2D eigenvalue weighted by molar-refractivity contribution is 6.30. The van der Waals surface area contributed by atoms with Crippen molar-refractivity contribution in [2.45, 2.75) is 37.7 Å². The Morgan fingerprint density at radius 1 is 1.38 bits per heavy atom. The van der Waals surface area contributed by atoms with Gasteiger partial charge in [0.25, 0.3) is 11.8 Å². The van der Waals surface area contributed by atoms with E-state index in [1.807, 2.05) is 0 Å². The minimum absolute atomic E-state index is 0.0256. The van der Waals surface area contributed by atoms with Crippen LogP contribution in [-0.4, -0.2) is 34.5 Å². The molecule has 2 aromatic rings. The first-order valence-electron chi connectivity index (χ1n) is 15.0. The van der Waals surface area contributed by atoms with Gasteiger partial charge in [-0.1, -0.05) is 35.8 Å². The third-order valence-electron chi connectivity index (χ3n) is 4.16. The highest BCUT2D eigenvalue weighted by Crippen LogP contribution is 2.30. The van der Waals surface area contributed by atoms with E-state index in [0.717, 1.165) is 24.3 Å². The maximum atomic E-state index is 14.9. The number of imide groups is 1. The molecule has 2 heterocycles. The van der Waals surface area contributed by atoms with Crippen LogP contribution in [0.3, 0.4) is 0 Å². The summed E-state index contributed by atoms with van der Waals surface area (Å²) < 4.78 is 137. The lowest BCUT2D eigenvalue weighted by Crippen LogP contribution is -2.52. The summed E-state index contributed by atoms with van der Waals surface area (Å²) in [6.07, 6.45) is -7.99. The van der Waals surface area contributed by atoms with E-state index in [-0.39, 0.29) is 5.02 Å². The van der Waals surface area contributed by atoms with Crippen molar-refractivity contribution in [3.05, 3.63) is 69.7 Å². The average Bonchev–Trinajstić information content (AvgIpc) is 3.14. The van der Waals surface area contributed by atoms with Crippen molar-refractivity contribution >= 4 is 35.2 Å². The van der Waals surface area contributed by atoms with E-state index in [1.165, 1.54) is 5.32 Å². The molecule has 0 radical (unpaired) electrons. The van der Waals surface area contributed by atoms with Crippen LogP contribution in [0, 0.1) is 0 Å². The molecule has 0 aliphatic carbocycles. The lowest BCUT2D eigenvalue weighted by Gasteiger charge is -2.29. The number of halogens is 3. The fourth-order valence-corrected chi connectivity index (χ4v) is 2.75. The second-order valence-electron chi connectivity index (χ2n) is 6.23. The van der Waals surface area contributed by atoms with Gasteiger partial charge in [-0.25, -0.2) is 0 Å². The molecule has 0 spiro atoms. The van der Waals surface area contributed by atoms with Crippen LogP contribution in [0.1, 0.15) is 56.2 Å². The summed E-state index contributed by atoms with van der Waals surface area (Å²) in [5.41, 5.74) is -5.01. The molecule has 32 heavy (non-hydrogen) atoms. The summed E-state index contributed by atoms with van der Waals surface area (Å²) in [5, 5.41) is 0.520. The number of carbonyl (C=O) groups is 4. The van der Waals surface area contributed by atoms with Crippen LogP contribution in [0.15, 0.2) is 42.4 Å². The largest absolute Gasteiger partial charge is 0.349 e. The smallest absolute Gasteiger partial charge is 0.346 e. The van der Waals surface area contributed by atoms with Crippen LogP contribution in [0.2, 0.25) is 6.43 Å². The van der Waals surface area contributed by atoms with Crippen LogP contribution in [0.5, 0.6) is 0 Å². The molecule has 7 nitrogen and oxygen atoms in total. The second-order valence-corrected chi connectivity index (χ2v) is 6.67. The monoisotopic (exact) mass is 474 g/mol. The quantitative estimate of drug-likeness (QED) is 0.651. The second kappa shape index (κ2) is 8.31. The van der Waals surface area contributed by atoms with Gasteiger partial charge in [0.1, 0.15) is 6.02 Å². The van der Waals surface area contributed by atoms with E-state index in [9.17, 15) is 28.0 Å². The number of rotatable bonds is 5. The van der Waals surface area contributed by atoms with Crippen LogP contribution in [0.25, 0.3) is 0 Å². The fraction of sp³-hybridized carbons (Fsp3) is 0.273. The van der Waals surface area contributed by atoms with Gasteiger partial charge in [-0.3, -0.25) is 24.5 Å². The lowest BCUT2D eigenvalue weighted by atomic mass is 10.0. The van der Waals surface area contributed by atoms with Gasteiger partial charge in [0.05, 0.1) is 11.0 Å². The van der Waals surface area contributed by atoms with Crippen molar-refractivity contribution in [2.24, 2.45) is 0 Å². The van der Waals surface area contributed by atoms with Crippen LogP contribution < -0.4 is 10.6 Å². The molecule has 166 valence electrons. The predicted molar refractivity (Wildman–Crippen MR) is 110 cm³/mol. The maximum absolute atomic E-state index is 14.9. The Bertz CT molecular complexity index is 1690. The zero-order valence-electron chi connectivity index (χ0n) is 28.5. The van der Waals surface area contributed by atoms with Crippen molar-refractivity contribution in [3.63, 3.8) is 0 Å². The Morgan fingerprint density at radius 3 is 2.81 bits per heavy atom. The van der Waals surface area contributed by atoms with E-state index >= 15 is 0 Å². The van der Waals surface area contributed by atoms with Gasteiger partial charge < -0.3 is 10.2 Å². The van der Waals surface area contributed by atoms with Gasteiger partial charge in [-0.15, -0.1) is 0 Å². The summed E-state index contributed by atoms with van der Waals surface area (Å²) in [7, 11) is 0. The highest BCUT2D eigenvalue weighted by atomic mass is 35.5. The minimum Gasteiger partial charge on any atom is -0.346 e. The first-order valence-corrected chi connectivity index (χ1v) is 8.95. The molecule has 4 amide bonds. The average molecular weight is 475 g/mol. The Labute approximate surface area is 205 Å². The number of carbonyl (C=O) groups excluding carboxylic acids is 4. The predicted octanol–water partition coefficient (Wildman–Crippen LogP) is 2.51. The molecule has 0 bridgehead atoms. The Morgan fingerprint density at radius 2 is 2.09 bits per heavy atom. The summed E-state index contributed by atoms with van der Waals surface area (Å²) >= 11 is 5.66. The van der Waals surface area contributed by atoms with Crippen LogP contribution >= 0.6 is 11.6 Å². The number of piperidine rings is 1. The molecule has 0 aromatic heterocycles. The van der Waals surface area contributed by atoms with Gasteiger partial charge in [0.2, 0.25) is 11.8 Å². The third kappa shape index (κ3) is 4.08. The number of alkyl halides is 2. The molecule has 1 unspecified atom stereocenters. The number of benzene rings is 2. The first-order chi connectivity index (χ1) is 20.2. The summed E-state index contributed by atoms with van der Waals surface area (Å²) in [5.74, 6) is -13.0. The number of hydrogen-bond acceptors (Lipinski definition) is 4. The SMILES string of the molecule is [2H]c1c([2H])c(C([2H])([2H])NC(=O)C(F)(F)c2ccc(Cl)cc2)c([2H])c2c1C(=O)N(C1([2H])C(=O)N([2H])C(=O)C([2H])([2H])C1([2H])[2H])C2([2H])[2H]. The van der Waals surface area contributed by atoms with Crippen molar-refractivity contribution in [1.82, 2.24) is 15.5 Å². The summed E-state index contributed by atoms with van der Waals surface area (Å²) in [4.78, 5) is 50.7. The van der Waals surface area contributed by atoms with E-state index in [2.05, 4.69) is 0 Å². The number of amides is 4. The van der Waals surface area contributed by atoms with E-state index in [4.69, 9.17) is 29.5 Å². The van der Waals surface area contributed by atoms with Crippen molar-refractivity contribution < 1.29 is 45.8 Å². The highest BCUT2D eigenvalue weighted by Gasteiger charge is 2.41. The molecule has 1 saturated heterocycles. The number of fused-ring (bicyclic) bond motifs is 1. The molecule has 4 rings (SSSR count). The van der Waals surface area contributed by atoms with Crippen LogP contribution in [-0.2, 0) is 33.3 Å². The zero-order valence-corrected chi connectivity index (χ0v) is 16.2. The van der Waals surface area contributed by atoms with Crippen molar-refractivity contribution in [2.75, 3.05) is 0 Å². The molecule has 2 aliphatic rings. The van der Waals surface area contributed by atoms with Crippen molar-refractivity contribution in [3.8, 4) is 0 Å². The number of hydrogen-bond donors (Lipinski definition) is 2. The van der Waals surface area contributed by atoms with Gasteiger partial charge in [0, 0.05) is 41.0 Å². The Kier molecular flexibility index (Phi) is 2.86. The topological polar surface area (TPSA) is 95.6 Å². The molecule has 2 aromatic carbocycles. The molecule has 2 aliphatic heterocycles. The van der Waals surface area contributed by atoms with E-state index in [0.29, 0.717) is 0 Å². The number of nitrogens with zero attached hydrogens (tertiary/aromatic N) is 1. The molecule has 1 fully saturated rings.